The Morgan fingerprint density at radius 2 is 2.13 bits per heavy atom. The first-order chi connectivity index (χ1) is 7.06. The maximum Gasteiger partial charge on any atom is 0.123 e. The topological polar surface area (TPSA) is 46.2 Å². The van der Waals surface area contributed by atoms with Gasteiger partial charge < -0.3 is 10.8 Å². The predicted molar refractivity (Wildman–Crippen MR) is 59.0 cm³/mol. The van der Waals surface area contributed by atoms with Crippen molar-refractivity contribution in [1.29, 1.82) is 0 Å². The summed E-state index contributed by atoms with van der Waals surface area (Å²) in [6.45, 7) is 3.80. The van der Waals surface area contributed by atoms with E-state index in [-0.39, 0.29) is 5.82 Å². The van der Waals surface area contributed by atoms with E-state index in [9.17, 15) is 9.50 Å². The van der Waals surface area contributed by atoms with Gasteiger partial charge in [-0.05, 0) is 36.6 Å². The highest BCUT2D eigenvalue weighted by atomic mass is 19.1. The highest BCUT2D eigenvalue weighted by Crippen LogP contribution is 2.21. The molecule has 1 rings (SSSR count). The molecule has 2 nitrogen and oxygen atoms in total. The fourth-order valence-electron chi connectivity index (χ4n) is 1.70. The van der Waals surface area contributed by atoms with Crippen molar-refractivity contribution in [2.24, 2.45) is 5.73 Å². The average Bonchev–Trinajstić information content (AvgIpc) is 2.17. The van der Waals surface area contributed by atoms with E-state index in [4.69, 9.17) is 5.73 Å². The van der Waals surface area contributed by atoms with E-state index in [1.807, 2.05) is 6.92 Å². The summed E-state index contributed by atoms with van der Waals surface area (Å²) in [5, 5.41) is 9.75. The lowest BCUT2D eigenvalue weighted by atomic mass is 9.95. The Balaban J connectivity index is 2.86. The number of nitrogens with two attached hydrogens (primary N) is 1. The predicted octanol–water partition coefficient (Wildman–Crippen LogP) is 2.29. The molecule has 0 unspecified atom stereocenters. The number of aliphatic hydroxyl groups is 1. The van der Waals surface area contributed by atoms with Gasteiger partial charge in [-0.3, -0.25) is 0 Å². The zero-order chi connectivity index (χ0) is 11.4. The van der Waals surface area contributed by atoms with Gasteiger partial charge in [-0.1, -0.05) is 19.4 Å². The van der Waals surface area contributed by atoms with E-state index in [1.54, 1.807) is 13.0 Å². The van der Waals surface area contributed by atoms with Gasteiger partial charge in [0.2, 0.25) is 0 Å². The summed E-state index contributed by atoms with van der Waals surface area (Å²) in [6, 6.07) is 4.04. The van der Waals surface area contributed by atoms with E-state index >= 15 is 0 Å². The van der Waals surface area contributed by atoms with E-state index in [0.29, 0.717) is 6.42 Å². The minimum absolute atomic E-state index is 0.270. The van der Waals surface area contributed by atoms with Crippen LogP contribution in [0.25, 0.3) is 0 Å². The number of halogens is 1. The summed E-state index contributed by atoms with van der Waals surface area (Å²) < 4.78 is 12.9. The third-order valence-electron chi connectivity index (χ3n) is 2.59. The first-order valence-corrected chi connectivity index (χ1v) is 5.26. The SMILES string of the molecule is CCC[C@@H](O)[C@@H](N)c1ccc(F)cc1C. The van der Waals surface area contributed by atoms with Gasteiger partial charge in [0.1, 0.15) is 5.82 Å². The molecule has 3 N–H and O–H groups in total. The van der Waals surface area contributed by atoms with Crippen molar-refractivity contribution in [3.05, 3.63) is 35.1 Å². The van der Waals surface area contributed by atoms with Crippen molar-refractivity contribution >= 4 is 0 Å². The van der Waals surface area contributed by atoms with E-state index in [0.717, 1.165) is 17.5 Å². The van der Waals surface area contributed by atoms with Gasteiger partial charge in [-0.25, -0.2) is 4.39 Å². The van der Waals surface area contributed by atoms with Gasteiger partial charge in [-0.15, -0.1) is 0 Å². The summed E-state index contributed by atoms with van der Waals surface area (Å²) in [5.41, 5.74) is 7.51. The molecule has 0 heterocycles. The van der Waals surface area contributed by atoms with Crippen LogP contribution in [0.3, 0.4) is 0 Å². The molecule has 1 aromatic rings. The van der Waals surface area contributed by atoms with Crippen molar-refractivity contribution in [2.45, 2.75) is 38.8 Å². The fourth-order valence-corrected chi connectivity index (χ4v) is 1.70. The normalized spacial score (nSPS) is 15.0. The van der Waals surface area contributed by atoms with Crippen LogP contribution in [-0.4, -0.2) is 11.2 Å². The number of benzene rings is 1. The summed E-state index contributed by atoms with van der Waals surface area (Å²) in [7, 11) is 0. The summed E-state index contributed by atoms with van der Waals surface area (Å²) >= 11 is 0. The molecule has 0 saturated carbocycles. The van der Waals surface area contributed by atoms with Crippen LogP contribution in [-0.2, 0) is 0 Å². The molecule has 0 aliphatic rings. The minimum Gasteiger partial charge on any atom is -0.391 e. The van der Waals surface area contributed by atoms with Crippen LogP contribution in [0, 0.1) is 12.7 Å². The Morgan fingerprint density at radius 3 is 2.67 bits per heavy atom. The van der Waals surface area contributed by atoms with Gasteiger partial charge in [0, 0.05) is 0 Å². The molecule has 1 aromatic carbocycles. The van der Waals surface area contributed by atoms with Crippen molar-refractivity contribution in [2.75, 3.05) is 0 Å². The van der Waals surface area contributed by atoms with Gasteiger partial charge >= 0.3 is 0 Å². The third-order valence-corrected chi connectivity index (χ3v) is 2.59. The van der Waals surface area contributed by atoms with Crippen molar-refractivity contribution in [3.8, 4) is 0 Å². The van der Waals surface area contributed by atoms with Crippen LogP contribution in [0.5, 0.6) is 0 Å². The Morgan fingerprint density at radius 1 is 1.47 bits per heavy atom. The lowest BCUT2D eigenvalue weighted by Crippen LogP contribution is -2.26. The smallest absolute Gasteiger partial charge is 0.123 e. The minimum atomic E-state index is -0.556. The lowest BCUT2D eigenvalue weighted by molar-refractivity contribution is 0.134. The molecule has 0 saturated heterocycles. The Labute approximate surface area is 89.9 Å². The van der Waals surface area contributed by atoms with Crippen LogP contribution in [0.4, 0.5) is 4.39 Å². The molecule has 0 spiro atoms. The van der Waals surface area contributed by atoms with E-state index < -0.39 is 12.1 Å². The van der Waals surface area contributed by atoms with Gasteiger partial charge in [0.15, 0.2) is 0 Å². The van der Waals surface area contributed by atoms with Crippen LogP contribution in [0.15, 0.2) is 18.2 Å². The molecule has 15 heavy (non-hydrogen) atoms. The molecular weight excluding hydrogens is 193 g/mol. The van der Waals surface area contributed by atoms with Crippen molar-refractivity contribution in [1.82, 2.24) is 0 Å². The quantitative estimate of drug-likeness (QED) is 0.802. The van der Waals surface area contributed by atoms with Gasteiger partial charge in [-0.2, -0.15) is 0 Å². The van der Waals surface area contributed by atoms with Gasteiger partial charge in [0.05, 0.1) is 12.1 Å². The number of hydrogen-bond donors (Lipinski definition) is 2. The monoisotopic (exact) mass is 211 g/mol. The zero-order valence-corrected chi connectivity index (χ0v) is 9.20. The average molecular weight is 211 g/mol. The standard InChI is InChI=1S/C12H18FNO/c1-3-4-11(15)12(14)10-6-5-9(13)7-8(10)2/h5-7,11-12,15H,3-4,14H2,1-2H3/t11-,12+/m1/s1. The maximum absolute atomic E-state index is 12.9. The molecule has 0 radical (unpaired) electrons. The second kappa shape index (κ2) is 5.24. The maximum atomic E-state index is 12.9. The second-order valence-corrected chi connectivity index (χ2v) is 3.88. The Bertz CT molecular complexity index is 327. The number of aryl methyl sites for hydroxylation is 1. The van der Waals surface area contributed by atoms with Crippen LogP contribution in [0.1, 0.15) is 36.9 Å². The molecule has 0 aromatic heterocycles. The van der Waals surface area contributed by atoms with E-state index in [2.05, 4.69) is 0 Å². The number of aliphatic hydroxyl groups excluding tert-OH is 1. The first kappa shape index (κ1) is 12.1. The van der Waals surface area contributed by atoms with Gasteiger partial charge in [0.25, 0.3) is 0 Å². The largest absolute Gasteiger partial charge is 0.391 e. The second-order valence-electron chi connectivity index (χ2n) is 3.88. The van der Waals surface area contributed by atoms with Crippen molar-refractivity contribution < 1.29 is 9.50 Å². The highest BCUT2D eigenvalue weighted by Gasteiger charge is 2.17. The number of hydrogen-bond acceptors (Lipinski definition) is 2. The van der Waals surface area contributed by atoms with E-state index in [1.165, 1.54) is 12.1 Å². The van der Waals surface area contributed by atoms with Crippen molar-refractivity contribution in [3.63, 3.8) is 0 Å². The highest BCUT2D eigenvalue weighted by molar-refractivity contribution is 5.29. The third kappa shape index (κ3) is 3.01. The van der Waals surface area contributed by atoms with Crippen LogP contribution < -0.4 is 5.73 Å². The molecule has 0 fully saturated rings. The summed E-state index contributed by atoms with van der Waals surface area (Å²) in [5.74, 6) is -0.270. The molecule has 0 aliphatic heterocycles. The lowest BCUT2D eigenvalue weighted by Gasteiger charge is -2.20. The molecule has 2 atom stereocenters. The molecular formula is C12H18FNO. The molecule has 0 aliphatic carbocycles. The Kier molecular flexibility index (Phi) is 4.24. The molecule has 0 bridgehead atoms. The molecule has 84 valence electrons. The fraction of sp³-hybridized carbons (Fsp3) is 0.500. The molecule has 0 amide bonds. The summed E-state index contributed by atoms with van der Waals surface area (Å²) in [4.78, 5) is 0. The van der Waals surface area contributed by atoms with Crippen LogP contribution >= 0.6 is 0 Å². The molecule has 3 heteroatoms. The Hall–Kier alpha value is -0.930. The first-order valence-electron chi connectivity index (χ1n) is 5.26. The number of rotatable bonds is 4. The van der Waals surface area contributed by atoms with Crippen LogP contribution in [0.2, 0.25) is 0 Å². The summed E-state index contributed by atoms with van der Waals surface area (Å²) in [6.07, 6.45) is 0.992. The zero-order valence-electron chi connectivity index (χ0n) is 9.20.